The number of amides is 1. The van der Waals surface area contributed by atoms with Gasteiger partial charge in [-0.3, -0.25) is 9.59 Å². The summed E-state index contributed by atoms with van der Waals surface area (Å²) in [5.41, 5.74) is 0.0737. The average molecular weight is 271 g/mol. The summed E-state index contributed by atoms with van der Waals surface area (Å²) in [5.74, 6) is -0.595. The standard InChI is InChI=1S/C14H25NO4/c1-10(14(2,3)4)7-12(16)15-5-6-19-9-11(15)8-13(17)18/h10-11H,5-9H2,1-4H3,(H,17,18). The maximum Gasteiger partial charge on any atom is 0.305 e. The maximum absolute atomic E-state index is 12.3. The largest absolute Gasteiger partial charge is 0.481 e. The first kappa shape index (κ1) is 16.0. The molecule has 0 aromatic rings. The molecule has 1 N–H and O–H groups in total. The zero-order chi connectivity index (χ0) is 14.6. The van der Waals surface area contributed by atoms with Gasteiger partial charge >= 0.3 is 5.97 Å². The van der Waals surface area contributed by atoms with E-state index in [4.69, 9.17) is 9.84 Å². The molecule has 1 amide bonds. The quantitative estimate of drug-likeness (QED) is 0.846. The molecular weight excluding hydrogens is 246 g/mol. The van der Waals surface area contributed by atoms with E-state index in [1.54, 1.807) is 4.90 Å². The molecule has 5 heteroatoms. The van der Waals surface area contributed by atoms with Gasteiger partial charge in [0, 0.05) is 13.0 Å². The maximum atomic E-state index is 12.3. The van der Waals surface area contributed by atoms with E-state index in [1.807, 2.05) is 0 Å². The predicted octanol–water partition coefficient (Wildman–Crippen LogP) is 1.76. The van der Waals surface area contributed by atoms with Gasteiger partial charge in [0.2, 0.25) is 5.91 Å². The molecule has 1 fully saturated rings. The minimum Gasteiger partial charge on any atom is -0.481 e. The summed E-state index contributed by atoms with van der Waals surface area (Å²) in [5, 5.41) is 8.88. The molecule has 19 heavy (non-hydrogen) atoms. The van der Waals surface area contributed by atoms with Crippen LogP contribution in [0.15, 0.2) is 0 Å². The summed E-state index contributed by atoms with van der Waals surface area (Å²) in [6, 6.07) is -0.328. The molecule has 0 spiro atoms. The number of carboxylic acids is 1. The summed E-state index contributed by atoms with van der Waals surface area (Å²) < 4.78 is 5.28. The van der Waals surface area contributed by atoms with E-state index in [9.17, 15) is 9.59 Å². The molecule has 110 valence electrons. The second-order valence-corrected chi connectivity index (χ2v) is 6.38. The first-order chi connectivity index (χ1) is 8.71. The molecule has 1 saturated heterocycles. The third kappa shape index (κ3) is 4.82. The Balaban J connectivity index is 2.64. The predicted molar refractivity (Wildman–Crippen MR) is 71.8 cm³/mol. The average Bonchev–Trinajstić information content (AvgIpc) is 2.27. The van der Waals surface area contributed by atoms with Gasteiger partial charge in [0.1, 0.15) is 0 Å². The van der Waals surface area contributed by atoms with Crippen LogP contribution < -0.4 is 0 Å². The lowest BCUT2D eigenvalue weighted by Crippen LogP contribution is -2.50. The Kier molecular flexibility index (Phi) is 5.35. The lowest BCUT2D eigenvalue weighted by atomic mass is 9.80. The van der Waals surface area contributed by atoms with Crippen molar-refractivity contribution in [3.63, 3.8) is 0 Å². The number of carbonyl (C=O) groups is 2. The van der Waals surface area contributed by atoms with Crippen molar-refractivity contribution < 1.29 is 19.4 Å². The molecular formula is C14H25NO4. The minimum absolute atomic E-state index is 0.0389. The zero-order valence-corrected chi connectivity index (χ0v) is 12.3. The number of hydrogen-bond acceptors (Lipinski definition) is 3. The molecule has 2 atom stereocenters. The first-order valence-electron chi connectivity index (χ1n) is 6.81. The lowest BCUT2D eigenvalue weighted by molar-refractivity contribution is -0.147. The van der Waals surface area contributed by atoms with Crippen LogP contribution in [0.25, 0.3) is 0 Å². The van der Waals surface area contributed by atoms with Crippen molar-refractivity contribution in [1.82, 2.24) is 4.90 Å². The monoisotopic (exact) mass is 271 g/mol. The second-order valence-electron chi connectivity index (χ2n) is 6.38. The third-order valence-electron chi connectivity index (χ3n) is 3.92. The number of ether oxygens (including phenoxy) is 1. The Hall–Kier alpha value is -1.10. The number of nitrogens with zero attached hydrogens (tertiary/aromatic N) is 1. The second kappa shape index (κ2) is 6.37. The van der Waals surface area contributed by atoms with Crippen molar-refractivity contribution in [2.75, 3.05) is 19.8 Å². The SMILES string of the molecule is CC(CC(=O)N1CCOCC1CC(=O)O)C(C)(C)C. The van der Waals surface area contributed by atoms with Crippen molar-refractivity contribution in [1.29, 1.82) is 0 Å². The molecule has 5 nitrogen and oxygen atoms in total. The molecule has 1 aliphatic rings. The highest BCUT2D eigenvalue weighted by molar-refractivity contribution is 5.78. The first-order valence-corrected chi connectivity index (χ1v) is 6.81. The number of carboxylic acid groups (broad SMARTS) is 1. The van der Waals surface area contributed by atoms with Crippen molar-refractivity contribution in [3.05, 3.63) is 0 Å². The van der Waals surface area contributed by atoms with Crippen LogP contribution in [-0.4, -0.2) is 47.7 Å². The van der Waals surface area contributed by atoms with Crippen LogP contribution in [0.5, 0.6) is 0 Å². The fourth-order valence-electron chi connectivity index (χ4n) is 2.04. The van der Waals surface area contributed by atoms with Crippen molar-refractivity contribution in [2.45, 2.75) is 46.6 Å². The Morgan fingerprint density at radius 1 is 1.42 bits per heavy atom. The summed E-state index contributed by atoms with van der Waals surface area (Å²) in [4.78, 5) is 24.8. The molecule has 0 saturated carbocycles. The highest BCUT2D eigenvalue weighted by atomic mass is 16.5. The van der Waals surface area contributed by atoms with Crippen LogP contribution in [0.3, 0.4) is 0 Å². The Morgan fingerprint density at radius 3 is 2.58 bits per heavy atom. The fourth-order valence-corrected chi connectivity index (χ4v) is 2.04. The van der Waals surface area contributed by atoms with Gasteiger partial charge in [-0.15, -0.1) is 0 Å². The van der Waals surface area contributed by atoms with E-state index < -0.39 is 5.97 Å². The van der Waals surface area contributed by atoms with E-state index in [0.29, 0.717) is 26.2 Å². The molecule has 0 radical (unpaired) electrons. The van der Waals surface area contributed by atoms with Crippen molar-refractivity contribution >= 4 is 11.9 Å². The number of rotatable bonds is 4. The van der Waals surface area contributed by atoms with Crippen molar-refractivity contribution in [2.24, 2.45) is 11.3 Å². The number of hydrogen-bond donors (Lipinski definition) is 1. The van der Waals surface area contributed by atoms with E-state index in [2.05, 4.69) is 27.7 Å². The van der Waals surface area contributed by atoms with E-state index in [0.717, 1.165) is 0 Å². The third-order valence-corrected chi connectivity index (χ3v) is 3.92. The fraction of sp³-hybridized carbons (Fsp3) is 0.857. The van der Waals surface area contributed by atoms with Gasteiger partial charge in [-0.25, -0.2) is 0 Å². The Labute approximate surface area is 114 Å². The molecule has 0 aromatic carbocycles. The van der Waals surface area contributed by atoms with Crippen LogP contribution >= 0.6 is 0 Å². The van der Waals surface area contributed by atoms with Crippen LogP contribution in [0.1, 0.15) is 40.5 Å². The lowest BCUT2D eigenvalue weighted by Gasteiger charge is -2.37. The van der Waals surface area contributed by atoms with E-state index in [1.165, 1.54) is 0 Å². The number of morpholine rings is 1. The summed E-state index contributed by atoms with van der Waals surface area (Å²) in [6.45, 7) is 9.70. The van der Waals surface area contributed by atoms with Gasteiger partial charge in [-0.05, 0) is 11.3 Å². The molecule has 1 heterocycles. The van der Waals surface area contributed by atoms with Gasteiger partial charge < -0.3 is 14.7 Å². The van der Waals surface area contributed by atoms with Crippen LogP contribution in [0.2, 0.25) is 0 Å². The topological polar surface area (TPSA) is 66.8 Å². The molecule has 0 bridgehead atoms. The van der Waals surface area contributed by atoms with Gasteiger partial charge in [0.05, 0.1) is 25.7 Å². The van der Waals surface area contributed by atoms with Crippen LogP contribution in [0.4, 0.5) is 0 Å². The Bertz CT molecular complexity index is 335. The Morgan fingerprint density at radius 2 is 2.05 bits per heavy atom. The van der Waals surface area contributed by atoms with Crippen molar-refractivity contribution in [3.8, 4) is 0 Å². The smallest absolute Gasteiger partial charge is 0.305 e. The van der Waals surface area contributed by atoms with Gasteiger partial charge in [0.25, 0.3) is 0 Å². The van der Waals surface area contributed by atoms with Crippen LogP contribution in [-0.2, 0) is 14.3 Å². The molecule has 1 rings (SSSR count). The number of carbonyl (C=O) groups excluding carboxylic acids is 1. The van der Waals surface area contributed by atoms with Crippen LogP contribution in [0, 0.1) is 11.3 Å². The highest BCUT2D eigenvalue weighted by Gasteiger charge is 2.31. The molecule has 0 aliphatic carbocycles. The van der Waals surface area contributed by atoms with Gasteiger partial charge in [-0.1, -0.05) is 27.7 Å². The molecule has 1 aliphatic heterocycles. The molecule has 2 unspecified atom stereocenters. The highest BCUT2D eigenvalue weighted by Crippen LogP contribution is 2.29. The molecule has 0 aromatic heterocycles. The summed E-state index contributed by atoms with van der Waals surface area (Å²) in [6.07, 6.45) is 0.412. The minimum atomic E-state index is -0.892. The van der Waals surface area contributed by atoms with Gasteiger partial charge in [-0.2, -0.15) is 0 Å². The summed E-state index contributed by atoms with van der Waals surface area (Å²) in [7, 11) is 0. The normalized spacial score (nSPS) is 22.1. The van der Waals surface area contributed by atoms with Gasteiger partial charge in [0.15, 0.2) is 0 Å². The van der Waals surface area contributed by atoms with E-state index >= 15 is 0 Å². The van der Waals surface area contributed by atoms with E-state index in [-0.39, 0.29) is 29.7 Å². The summed E-state index contributed by atoms with van der Waals surface area (Å²) >= 11 is 0. The number of aliphatic carboxylic acids is 1. The zero-order valence-electron chi connectivity index (χ0n) is 12.3.